The van der Waals surface area contributed by atoms with Crippen molar-refractivity contribution in [1.29, 1.82) is 0 Å². The number of likely N-dealkylation sites (tertiary alicyclic amines) is 1. The summed E-state index contributed by atoms with van der Waals surface area (Å²) in [5.74, 6) is 0. The Kier molecular flexibility index (Phi) is 4.01. The minimum Gasteiger partial charge on any atom is -0.443 e. The number of carbonyl (C=O) groups excluding carboxylic acids is 1. The molecule has 0 aliphatic carbocycles. The van der Waals surface area contributed by atoms with Crippen molar-refractivity contribution in [2.45, 2.75) is 37.8 Å². The maximum atomic E-state index is 10.9. The van der Waals surface area contributed by atoms with Crippen LogP contribution in [-0.4, -0.2) is 54.5 Å². The molecule has 16 heavy (non-hydrogen) atoms. The number of amides is 1. The van der Waals surface area contributed by atoms with E-state index in [1.165, 1.54) is 19.3 Å². The Labute approximate surface area is 95.8 Å². The Balaban J connectivity index is 1.87. The van der Waals surface area contributed by atoms with Gasteiger partial charge < -0.3 is 15.2 Å². The van der Waals surface area contributed by atoms with Crippen molar-refractivity contribution >= 4 is 6.09 Å². The highest BCUT2D eigenvalue weighted by atomic mass is 16.6. The summed E-state index contributed by atoms with van der Waals surface area (Å²) < 4.78 is 5.12. The first-order chi connectivity index (χ1) is 7.79. The van der Waals surface area contributed by atoms with E-state index >= 15 is 0 Å². The number of nitrogens with zero attached hydrogens (tertiary/aromatic N) is 1. The second-order valence-corrected chi connectivity index (χ2v) is 4.59. The van der Waals surface area contributed by atoms with Gasteiger partial charge in [-0.1, -0.05) is 12.8 Å². The molecule has 2 saturated heterocycles. The third-order valence-electron chi connectivity index (χ3n) is 3.40. The zero-order chi connectivity index (χ0) is 11.4. The molecule has 0 aromatic rings. The first-order valence-corrected chi connectivity index (χ1v) is 6.09. The predicted molar refractivity (Wildman–Crippen MR) is 59.2 cm³/mol. The van der Waals surface area contributed by atoms with Crippen molar-refractivity contribution in [3.05, 3.63) is 0 Å². The van der Waals surface area contributed by atoms with Crippen LogP contribution in [0.15, 0.2) is 0 Å². The van der Waals surface area contributed by atoms with Gasteiger partial charge in [0.25, 0.3) is 0 Å². The molecule has 5 nitrogen and oxygen atoms in total. The van der Waals surface area contributed by atoms with Crippen molar-refractivity contribution < 1.29 is 14.6 Å². The van der Waals surface area contributed by atoms with Gasteiger partial charge in [0, 0.05) is 12.6 Å². The number of rotatable bonds is 3. The topological polar surface area (TPSA) is 61.8 Å². The highest BCUT2D eigenvalue weighted by Crippen LogP contribution is 2.17. The van der Waals surface area contributed by atoms with Crippen molar-refractivity contribution in [3.8, 4) is 0 Å². The fraction of sp³-hybridized carbons (Fsp3) is 0.909. The van der Waals surface area contributed by atoms with Crippen LogP contribution in [0.4, 0.5) is 4.79 Å². The van der Waals surface area contributed by atoms with Gasteiger partial charge in [-0.2, -0.15) is 0 Å². The standard InChI is InChI=1S/C11H20N2O3/c14-8-9-4-2-1-3-5-13(9)7-10-6-12-11(15)16-10/h9-10,14H,1-8H2,(H,12,15). The number of hydrogen-bond donors (Lipinski definition) is 2. The Morgan fingerprint density at radius 3 is 3.00 bits per heavy atom. The lowest BCUT2D eigenvalue weighted by Crippen LogP contribution is -2.43. The number of hydrogen-bond acceptors (Lipinski definition) is 4. The van der Waals surface area contributed by atoms with Gasteiger partial charge in [0.1, 0.15) is 6.10 Å². The lowest BCUT2D eigenvalue weighted by atomic mass is 10.1. The van der Waals surface area contributed by atoms with Crippen LogP contribution in [0.2, 0.25) is 0 Å². The fourth-order valence-electron chi connectivity index (χ4n) is 2.48. The Hall–Kier alpha value is -0.810. The smallest absolute Gasteiger partial charge is 0.407 e. The van der Waals surface area contributed by atoms with Crippen LogP contribution < -0.4 is 5.32 Å². The third kappa shape index (κ3) is 2.86. The van der Waals surface area contributed by atoms with Crippen molar-refractivity contribution in [2.75, 3.05) is 26.2 Å². The van der Waals surface area contributed by atoms with Crippen LogP contribution >= 0.6 is 0 Å². The minimum absolute atomic E-state index is 0.0559. The quantitative estimate of drug-likeness (QED) is 0.731. The SMILES string of the molecule is O=C1NCC(CN2CCCCCC2CO)O1. The van der Waals surface area contributed by atoms with Crippen molar-refractivity contribution in [2.24, 2.45) is 0 Å². The summed E-state index contributed by atoms with van der Waals surface area (Å²) in [6.07, 6.45) is 4.26. The van der Waals surface area contributed by atoms with E-state index in [0.29, 0.717) is 6.54 Å². The van der Waals surface area contributed by atoms with Gasteiger partial charge >= 0.3 is 6.09 Å². The lowest BCUT2D eigenvalue weighted by Gasteiger charge is -2.29. The molecule has 0 spiro atoms. The van der Waals surface area contributed by atoms with Gasteiger partial charge in [0.2, 0.25) is 0 Å². The first kappa shape index (κ1) is 11.7. The molecular formula is C11H20N2O3. The van der Waals surface area contributed by atoms with E-state index in [0.717, 1.165) is 19.5 Å². The fourth-order valence-corrected chi connectivity index (χ4v) is 2.48. The van der Waals surface area contributed by atoms with Gasteiger partial charge in [-0.05, 0) is 19.4 Å². The average Bonchev–Trinajstić information content (AvgIpc) is 2.56. The molecule has 2 rings (SSSR count). The van der Waals surface area contributed by atoms with E-state index in [4.69, 9.17) is 4.74 Å². The van der Waals surface area contributed by atoms with Crippen LogP contribution in [0.25, 0.3) is 0 Å². The number of nitrogens with one attached hydrogen (secondary N) is 1. The molecule has 2 N–H and O–H groups in total. The molecule has 2 aliphatic rings. The molecule has 2 atom stereocenters. The third-order valence-corrected chi connectivity index (χ3v) is 3.40. The maximum absolute atomic E-state index is 10.9. The Morgan fingerprint density at radius 2 is 2.31 bits per heavy atom. The number of carbonyl (C=O) groups is 1. The molecule has 0 aromatic heterocycles. The maximum Gasteiger partial charge on any atom is 0.407 e. The summed E-state index contributed by atoms with van der Waals surface area (Å²) in [4.78, 5) is 13.2. The Bertz CT molecular complexity index is 247. The van der Waals surface area contributed by atoms with Crippen LogP contribution in [-0.2, 0) is 4.74 Å². The summed E-state index contributed by atoms with van der Waals surface area (Å²) >= 11 is 0. The number of ether oxygens (including phenoxy) is 1. The highest BCUT2D eigenvalue weighted by molar-refractivity contribution is 5.69. The number of aliphatic hydroxyl groups excluding tert-OH is 1. The Morgan fingerprint density at radius 1 is 1.44 bits per heavy atom. The molecule has 0 aromatic carbocycles. The summed E-state index contributed by atoms with van der Waals surface area (Å²) in [6, 6.07) is 0.238. The van der Waals surface area contributed by atoms with E-state index in [9.17, 15) is 9.90 Å². The number of cyclic esters (lactones) is 1. The number of alkyl carbamates (subject to hydrolysis) is 1. The van der Waals surface area contributed by atoms with Crippen molar-refractivity contribution in [1.82, 2.24) is 10.2 Å². The molecule has 2 unspecified atom stereocenters. The average molecular weight is 228 g/mol. The molecule has 2 aliphatic heterocycles. The molecule has 0 bridgehead atoms. The molecule has 0 saturated carbocycles. The molecular weight excluding hydrogens is 208 g/mol. The van der Waals surface area contributed by atoms with Gasteiger partial charge in [-0.25, -0.2) is 4.79 Å². The van der Waals surface area contributed by atoms with Crippen LogP contribution in [0.3, 0.4) is 0 Å². The van der Waals surface area contributed by atoms with E-state index in [1.54, 1.807) is 0 Å². The van der Waals surface area contributed by atoms with Crippen molar-refractivity contribution in [3.63, 3.8) is 0 Å². The predicted octanol–water partition coefficient (Wildman–Crippen LogP) is 0.332. The normalized spacial score (nSPS) is 31.9. The van der Waals surface area contributed by atoms with Crippen LogP contribution in [0.5, 0.6) is 0 Å². The van der Waals surface area contributed by atoms with Crippen LogP contribution in [0.1, 0.15) is 25.7 Å². The zero-order valence-electron chi connectivity index (χ0n) is 9.52. The van der Waals surface area contributed by atoms with E-state index in [-0.39, 0.29) is 24.8 Å². The first-order valence-electron chi connectivity index (χ1n) is 6.09. The lowest BCUT2D eigenvalue weighted by molar-refractivity contribution is 0.0692. The number of aliphatic hydroxyl groups is 1. The molecule has 0 radical (unpaired) electrons. The molecule has 92 valence electrons. The highest BCUT2D eigenvalue weighted by Gasteiger charge is 2.28. The van der Waals surface area contributed by atoms with Gasteiger partial charge in [-0.15, -0.1) is 0 Å². The van der Waals surface area contributed by atoms with Gasteiger partial charge in [0.15, 0.2) is 0 Å². The monoisotopic (exact) mass is 228 g/mol. The molecule has 2 fully saturated rings. The summed E-state index contributed by atoms with van der Waals surface area (Å²) in [5.41, 5.74) is 0. The molecule has 5 heteroatoms. The molecule has 1 amide bonds. The van der Waals surface area contributed by atoms with Gasteiger partial charge in [-0.3, -0.25) is 4.90 Å². The minimum atomic E-state index is -0.319. The van der Waals surface area contributed by atoms with Gasteiger partial charge in [0.05, 0.1) is 13.2 Å². The summed E-state index contributed by atoms with van der Waals surface area (Å²) in [5, 5.41) is 12.0. The molecule has 2 heterocycles. The summed E-state index contributed by atoms with van der Waals surface area (Å²) in [6.45, 7) is 2.53. The van der Waals surface area contributed by atoms with E-state index in [1.807, 2.05) is 0 Å². The largest absolute Gasteiger partial charge is 0.443 e. The van der Waals surface area contributed by atoms with E-state index < -0.39 is 0 Å². The van der Waals surface area contributed by atoms with Crippen LogP contribution in [0, 0.1) is 0 Å². The van der Waals surface area contributed by atoms with E-state index in [2.05, 4.69) is 10.2 Å². The second kappa shape index (κ2) is 5.50. The second-order valence-electron chi connectivity index (χ2n) is 4.59. The zero-order valence-corrected chi connectivity index (χ0v) is 9.52. The summed E-state index contributed by atoms with van der Waals surface area (Å²) in [7, 11) is 0.